The zero-order valence-corrected chi connectivity index (χ0v) is 83.9. The van der Waals surface area contributed by atoms with Gasteiger partial charge in [-0.1, -0.05) is 330 Å². The molecule has 0 saturated carbocycles. The van der Waals surface area contributed by atoms with Crippen molar-refractivity contribution in [3.63, 3.8) is 0 Å². The Labute approximate surface area is 828 Å². The van der Waals surface area contributed by atoms with E-state index in [1.165, 1.54) is 16.7 Å². The van der Waals surface area contributed by atoms with Crippen LogP contribution >= 0.6 is 69.6 Å². The lowest BCUT2D eigenvalue weighted by molar-refractivity contribution is -0.144. The molecule has 3 aliphatic heterocycles. The Bertz CT molecular complexity index is 5830. The van der Waals surface area contributed by atoms with Crippen molar-refractivity contribution in [3.8, 4) is 0 Å². The number of carbonyl (C=O) groups excluding carboxylic acids is 6. The van der Waals surface area contributed by atoms with Crippen LogP contribution in [-0.4, -0.2) is 134 Å². The second kappa shape index (κ2) is 46.7. The molecule has 5 N–H and O–H groups in total. The van der Waals surface area contributed by atoms with Gasteiger partial charge >= 0.3 is 30.2 Å². The lowest BCUT2D eigenvalue weighted by Crippen LogP contribution is -2.52. The topological polar surface area (TPSA) is 262 Å². The number of aliphatic carboxylic acids is 2. The van der Waals surface area contributed by atoms with Crippen molar-refractivity contribution in [2.24, 2.45) is 5.73 Å². The zero-order valence-electron chi connectivity index (χ0n) is 79.4. The SMILES string of the molecule is C[C@@H](N[C@](C)(Cc1ccccc1)C(=O)O)c1ccccc1.C[C@@](N)(Cc1ccccc1)C(=O)O.C[C@H](c1ccccc1)N1CC(=O)N(C(=O)OC(C)(C)C)[C@@H]1c1c(Cl)cccc1Cl.C[C@H](c1ccccc1)N1[C@@H](Cc2ccccc2)C(=O)N(C(=O)OC(C)(C)C)[C@@H]1c1c(Cl)cccc1Cl.C[C@H](c1ccccc1)N1[C@@H](c2c(Cl)cccc2Cl)N(C(=O)OC(C)(C)C)C(=O)[C@@]1(C)Cc1ccccc1. The fraction of sp³-hybridized carbons (Fsp3) is 0.321. The quantitative estimate of drug-likeness (QED) is 0.0460. The average molecular weight is 1960 g/mol. The normalized spacial score (nSPS) is 18.7. The van der Waals surface area contributed by atoms with Gasteiger partial charge in [0.2, 0.25) is 5.91 Å². The van der Waals surface area contributed by atoms with Crippen LogP contribution in [-0.2, 0) is 63.9 Å². The molecule has 6 amide bonds. The summed E-state index contributed by atoms with van der Waals surface area (Å²) in [5.41, 5.74) is 9.45. The van der Waals surface area contributed by atoms with Gasteiger partial charge in [-0.3, -0.25) is 44.0 Å². The van der Waals surface area contributed by atoms with Crippen LogP contribution in [0.25, 0.3) is 0 Å². The number of halogens is 6. The number of nitrogens with one attached hydrogen (secondary N) is 1. The largest absolute Gasteiger partial charge is 0.480 e. The highest BCUT2D eigenvalue weighted by Crippen LogP contribution is 2.53. The first-order valence-electron chi connectivity index (χ1n) is 44.9. The molecule has 11 aromatic rings. The first-order valence-corrected chi connectivity index (χ1v) is 47.1. The van der Waals surface area contributed by atoms with Crippen molar-refractivity contribution < 1.29 is 62.8 Å². The summed E-state index contributed by atoms with van der Waals surface area (Å²) in [4.78, 5) is 114. The van der Waals surface area contributed by atoms with Crippen LogP contribution in [0.15, 0.2) is 297 Å². The number of carboxylic acids is 2. The number of hydrogen-bond acceptors (Lipinski definition) is 16. The van der Waals surface area contributed by atoms with E-state index in [1.807, 2.05) is 287 Å². The van der Waals surface area contributed by atoms with Gasteiger partial charge in [0.25, 0.3) is 11.8 Å². The zero-order chi connectivity index (χ0) is 99.5. The van der Waals surface area contributed by atoms with Crippen molar-refractivity contribution in [1.29, 1.82) is 0 Å². The third-order valence-corrected chi connectivity index (χ3v) is 25.3. The molecule has 0 bridgehead atoms. The summed E-state index contributed by atoms with van der Waals surface area (Å²) in [6.45, 7) is 29.1. The Morgan fingerprint density at radius 3 is 1.10 bits per heavy atom. The van der Waals surface area contributed by atoms with Crippen LogP contribution in [0.4, 0.5) is 14.4 Å². The van der Waals surface area contributed by atoms with E-state index in [2.05, 4.69) is 10.2 Å². The summed E-state index contributed by atoms with van der Waals surface area (Å²) >= 11 is 39.8. The fourth-order valence-corrected chi connectivity index (χ4v) is 18.6. The third kappa shape index (κ3) is 27.4. The molecule has 27 heteroatoms. The molecule has 0 spiro atoms. The van der Waals surface area contributed by atoms with Gasteiger partial charge in [0.1, 0.15) is 51.9 Å². The minimum Gasteiger partial charge on any atom is -0.480 e. The number of nitrogens with zero attached hydrogens (tertiary/aromatic N) is 6. The second-order valence-electron chi connectivity index (χ2n) is 37.5. The maximum absolute atomic E-state index is 14.4. The maximum Gasteiger partial charge on any atom is 0.418 e. The van der Waals surface area contributed by atoms with Crippen LogP contribution in [0.1, 0.15) is 215 Å². The van der Waals surface area contributed by atoms with E-state index in [9.17, 15) is 43.5 Å². The molecule has 21 nitrogen and oxygen atoms in total. The molecule has 0 aliphatic carbocycles. The van der Waals surface area contributed by atoms with Gasteiger partial charge in [-0.15, -0.1) is 0 Å². The van der Waals surface area contributed by atoms with Gasteiger partial charge in [0, 0.05) is 83.8 Å². The molecule has 716 valence electrons. The Hall–Kier alpha value is -11.3. The van der Waals surface area contributed by atoms with E-state index in [-0.39, 0.29) is 48.4 Å². The summed E-state index contributed by atoms with van der Waals surface area (Å²) < 4.78 is 17.0. The monoisotopic (exact) mass is 1960 g/mol. The van der Waals surface area contributed by atoms with Crippen molar-refractivity contribution in [1.82, 2.24) is 34.7 Å². The van der Waals surface area contributed by atoms with Gasteiger partial charge in [-0.2, -0.15) is 0 Å². The van der Waals surface area contributed by atoms with E-state index in [0.717, 1.165) is 49.4 Å². The van der Waals surface area contributed by atoms with E-state index in [1.54, 1.807) is 124 Å². The number of hydrogen-bond donors (Lipinski definition) is 4. The number of nitrogens with two attached hydrogens (primary N) is 1. The first kappa shape index (κ1) is 107. The molecule has 11 atom stereocenters. The number of imide groups is 3. The Morgan fingerprint density at radius 1 is 0.397 bits per heavy atom. The molecule has 136 heavy (non-hydrogen) atoms. The highest BCUT2D eigenvalue weighted by atomic mass is 35.5. The van der Waals surface area contributed by atoms with Gasteiger partial charge in [0.15, 0.2) is 0 Å². The first-order chi connectivity index (χ1) is 64.1. The van der Waals surface area contributed by atoms with E-state index < -0.39 is 88.2 Å². The number of amides is 6. The lowest BCUT2D eigenvalue weighted by atomic mass is 9.88. The number of benzene rings is 11. The lowest BCUT2D eigenvalue weighted by Gasteiger charge is -2.41. The van der Waals surface area contributed by atoms with Crippen LogP contribution in [0.2, 0.25) is 30.1 Å². The van der Waals surface area contributed by atoms with Crippen molar-refractivity contribution in [3.05, 3.63) is 389 Å². The Balaban J connectivity index is 0.000000182. The molecule has 14 rings (SSSR count). The Morgan fingerprint density at radius 2 is 0.721 bits per heavy atom. The molecular weight excluding hydrogens is 1840 g/mol. The number of carbonyl (C=O) groups is 8. The summed E-state index contributed by atoms with van der Waals surface area (Å²) in [5, 5.41) is 23.9. The van der Waals surface area contributed by atoms with Crippen molar-refractivity contribution in [2.45, 2.75) is 219 Å². The van der Waals surface area contributed by atoms with Gasteiger partial charge in [-0.25, -0.2) is 29.1 Å². The summed E-state index contributed by atoms with van der Waals surface area (Å²) in [6.07, 6.45) is -3.10. The number of ether oxygens (including phenoxy) is 3. The molecule has 0 radical (unpaired) electrons. The average Bonchev–Trinajstić information content (AvgIpc) is 1.56. The second-order valence-corrected chi connectivity index (χ2v) is 39.9. The van der Waals surface area contributed by atoms with Gasteiger partial charge in [-0.05, 0) is 205 Å². The van der Waals surface area contributed by atoms with Crippen LogP contribution in [0.5, 0.6) is 0 Å². The summed E-state index contributed by atoms with van der Waals surface area (Å²) in [7, 11) is 0. The van der Waals surface area contributed by atoms with Gasteiger partial charge < -0.3 is 30.2 Å². The van der Waals surface area contributed by atoms with E-state index in [0.29, 0.717) is 72.5 Å². The summed E-state index contributed by atoms with van der Waals surface area (Å²) in [6, 6.07) is 92.2. The van der Waals surface area contributed by atoms with Crippen LogP contribution < -0.4 is 11.1 Å². The maximum atomic E-state index is 14.4. The van der Waals surface area contributed by atoms with Crippen molar-refractivity contribution in [2.75, 3.05) is 6.54 Å². The third-order valence-electron chi connectivity index (χ3n) is 23.3. The smallest absolute Gasteiger partial charge is 0.418 e. The highest BCUT2D eigenvalue weighted by Gasteiger charge is 2.61. The molecule has 0 aromatic heterocycles. The molecule has 0 unspecified atom stereocenters. The molecule has 3 fully saturated rings. The molecule has 3 aliphatic rings. The van der Waals surface area contributed by atoms with E-state index >= 15 is 0 Å². The standard InChI is InChI=1S/C30H32Cl2N2O3.C29H30Cl2N2O3.C22H24Cl2N2O3.C18H21NO2.C10H13NO2/c1-20(22-15-10-7-11-16-22)34-26(25-23(31)17-12-18-24(25)32)33(28(36)37-29(2,3)4)27(35)30(34,5)19-21-13-8-6-9-14-21;1-19(21-14-9-6-10-15-21)32-24(18-20-12-7-5-8-13-20)27(34)33(28(35)36-29(2,3)4)26(32)25-22(30)16-11-17-23(25)31;1-14(15-9-6-5-7-10-15)25-13-18(27)26(21(28)29-22(2,3)4)20(25)19-16(23)11-8-12-17(19)24;1-14(16-11-7-4-8-12-16)19-18(2,17(20)21)13-15-9-5-3-6-10-15;1-10(11,9(12)13)7-8-5-3-2-4-6-8/h6-18,20,26H,19H2,1-5H3;5-17,19,24,26H,18H2,1-4H3;5-12,14,20H,13H2,1-4H3;3-12,14,19H,13H2,1-2H3,(H,20,21);2-6H,7,11H2,1H3,(H,12,13)/t20-,26+,30-;19-,24+,26-;14-,20-;14-,18-;10-/m11111/s1. The molecule has 11 aromatic carbocycles. The van der Waals surface area contributed by atoms with Gasteiger partial charge in [0.05, 0.1) is 12.6 Å². The number of rotatable bonds is 22. The molecule has 3 saturated heterocycles. The predicted molar refractivity (Wildman–Crippen MR) is 539 cm³/mol. The van der Waals surface area contributed by atoms with Crippen molar-refractivity contribution >= 4 is 118 Å². The van der Waals surface area contributed by atoms with Crippen LogP contribution in [0.3, 0.4) is 0 Å². The van der Waals surface area contributed by atoms with E-state index in [4.69, 9.17) is 94.7 Å². The minimum atomic E-state index is -1.18. The molecular formula is C109H120Cl6N8O13. The summed E-state index contributed by atoms with van der Waals surface area (Å²) in [5.74, 6) is -2.89. The number of carboxylic acid groups (broad SMARTS) is 2. The highest BCUT2D eigenvalue weighted by molar-refractivity contribution is 6.37. The Kier molecular flexibility index (Phi) is 36.7. The van der Waals surface area contributed by atoms with Crippen LogP contribution in [0, 0.1) is 0 Å². The molecule has 3 heterocycles. The fourth-order valence-electron chi connectivity index (χ4n) is 16.8. The minimum absolute atomic E-state index is 0.0315. The predicted octanol–water partition coefficient (Wildman–Crippen LogP) is 25.6.